The molecular weight excluding hydrogens is 574 g/mol. The summed E-state index contributed by atoms with van der Waals surface area (Å²) in [4.78, 5) is 2.37. The molecule has 0 aromatic heterocycles. The summed E-state index contributed by atoms with van der Waals surface area (Å²) < 4.78 is 13.2. The highest BCUT2D eigenvalue weighted by molar-refractivity contribution is 4.94. The number of rotatable bonds is 30. The van der Waals surface area contributed by atoms with E-state index in [2.05, 4.69) is 74.4 Å². The Labute approximate surface area is 294 Å². The Hall–Kier alpha value is -1.16. The molecule has 2 saturated heterocycles. The molecule has 2 aliphatic rings. The van der Waals surface area contributed by atoms with Gasteiger partial charge in [-0.1, -0.05) is 152 Å². The van der Waals surface area contributed by atoms with Crippen molar-refractivity contribution in [3.8, 4) is 0 Å². The number of ether oxygens (including phenoxy) is 2. The van der Waals surface area contributed by atoms with E-state index >= 15 is 0 Å². The van der Waals surface area contributed by atoms with Crippen LogP contribution in [0.1, 0.15) is 181 Å². The predicted octanol–water partition coefficient (Wildman–Crippen LogP) is 13.1. The predicted molar refractivity (Wildman–Crippen MR) is 207 cm³/mol. The number of fused-ring (bicyclic) bond motifs is 1. The van der Waals surface area contributed by atoms with Crippen LogP contribution in [-0.2, 0) is 9.47 Å². The van der Waals surface area contributed by atoms with Crippen LogP contribution in [0.25, 0.3) is 0 Å². The summed E-state index contributed by atoms with van der Waals surface area (Å²) in [7, 11) is 2.20. The lowest BCUT2D eigenvalue weighted by atomic mass is 9.79. The van der Waals surface area contributed by atoms with Gasteiger partial charge in [-0.2, -0.15) is 0 Å². The molecule has 2 unspecified atom stereocenters. The molecule has 0 aliphatic carbocycles. The lowest BCUT2D eigenvalue weighted by molar-refractivity contribution is -0.00461. The second kappa shape index (κ2) is 29.7. The molecule has 2 fully saturated rings. The van der Waals surface area contributed by atoms with Crippen molar-refractivity contribution in [2.75, 3.05) is 33.4 Å². The van der Waals surface area contributed by atoms with Crippen LogP contribution in [0.5, 0.6) is 0 Å². The van der Waals surface area contributed by atoms with Crippen molar-refractivity contribution in [1.82, 2.24) is 4.90 Å². The van der Waals surface area contributed by atoms with Gasteiger partial charge in [0.1, 0.15) is 0 Å². The Kier molecular flexibility index (Phi) is 26.6. The molecule has 2 aliphatic heterocycles. The zero-order valence-corrected chi connectivity index (χ0v) is 31.8. The Balaban J connectivity index is 1.55. The summed E-state index contributed by atoms with van der Waals surface area (Å²) >= 11 is 0. The van der Waals surface area contributed by atoms with Crippen molar-refractivity contribution >= 4 is 0 Å². The number of likely N-dealkylation sites (N-methyl/N-ethyl adjacent to an activating group) is 1. The Bertz CT molecular complexity index is 748. The van der Waals surface area contributed by atoms with Gasteiger partial charge < -0.3 is 14.4 Å². The van der Waals surface area contributed by atoms with Gasteiger partial charge in [-0.15, -0.1) is 0 Å². The monoisotopic (exact) mass is 654 g/mol. The molecule has 3 nitrogen and oxygen atoms in total. The third-order valence-electron chi connectivity index (χ3n) is 10.4. The van der Waals surface area contributed by atoms with Crippen molar-refractivity contribution in [2.45, 2.75) is 193 Å². The molecule has 0 bridgehead atoms. The topological polar surface area (TPSA) is 21.7 Å². The maximum atomic E-state index is 6.58. The van der Waals surface area contributed by atoms with Crippen molar-refractivity contribution in [3.63, 3.8) is 0 Å². The number of allylic oxidation sites excluding steroid dienone is 8. The maximum absolute atomic E-state index is 6.58. The summed E-state index contributed by atoms with van der Waals surface area (Å²) in [6.07, 6.45) is 53.5. The molecule has 0 N–H and O–H groups in total. The minimum Gasteiger partial charge on any atom is -0.373 e. The highest BCUT2D eigenvalue weighted by Crippen LogP contribution is 2.37. The van der Waals surface area contributed by atoms with Gasteiger partial charge in [0.05, 0.1) is 25.4 Å². The average molecular weight is 654 g/mol. The van der Waals surface area contributed by atoms with Crippen molar-refractivity contribution in [1.29, 1.82) is 0 Å². The quantitative estimate of drug-likeness (QED) is 0.0569. The van der Waals surface area contributed by atoms with E-state index in [1.165, 1.54) is 154 Å². The fourth-order valence-electron chi connectivity index (χ4n) is 7.24. The molecule has 272 valence electrons. The third kappa shape index (κ3) is 22.2. The smallest absolute Gasteiger partial charge is 0.0975 e. The zero-order chi connectivity index (χ0) is 33.5. The van der Waals surface area contributed by atoms with Crippen LogP contribution in [0.4, 0.5) is 0 Å². The molecule has 2 heterocycles. The first-order valence-electron chi connectivity index (χ1n) is 20.7. The first-order chi connectivity index (χ1) is 23.2. The van der Waals surface area contributed by atoms with Crippen LogP contribution in [0.3, 0.4) is 0 Å². The summed E-state index contributed by atoms with van der Waals surface area (Å²) in [5.41, 5.74) is 0.230. The zero-order valence-electron chi connectivity index (χ0n) is 31.8. The molecule has 0 amide bonds. The molecular formula is C44H79NO2. The van der Waals surface area contributed by atoms with E-state index < -0.39 is 0 Å². The molecule has 47 heavy (non-hydrogen) atoms. The Morgan fingerprint density at radius 2 is 0.809 bits per heavy atom. The van der Waals surface area contributed by atoms with Crippen LogP contribution < -0.4 is 0 Å². The highest BCUT2D eigenvalue weighted by atomic mass is 16.6. The molecule has 0 aromatic carbocycles. The minimum atomic E-state index is 0.230. The van der Waals surface area contributed by atoms with E-state index in [0.29, 0.717) is 0 Å². The minimum absolute atomic E-state index is 0.230. The van der Waals surface area contributed by atoms with E-state index in [1.807, 2.05) is 0 Å². The fraction of sp³-hybridized carbons (Fsp3) is 0.818. The van der Waals surface area contributed by atoms with Crippen molar-refractivity contribution < 1.29 is 9.47 Å². The van der Waals surface area contributed by atoms with E-state index in [0.717, 1.165) is 39.1 Å². The first kappa shape index (κ1) is 42.0. The largest absolute Gasteiger partial charge is 0.373 e. The molecule has 0 spiro atoms. The van der Waals surface area contributed by atoms with E-state index in [4.69, 9.17) is 9.47 Å². The highest BCUT2D eigenvalue weighted by Gasteiger charge is 2.41. The second-order valence-corrected chi connectivity index (χ2v) is 15.1. The van der Waals surface area contributed by atoms with Crippen molar-refractivity contribution in [2.24, 2.45) is 5.41 Å². The van der Waals surface area contributed by atoms with Crippen LogP contribution in [0, 0.1) is 5.41 Å². The third-order valence-corrected chi connectivity index (χ3v) is 10.4. The van der Waals surface area contributed by atoms with Gasteiger partial charge in [0, 0.05) is 18.5 Å². The van der Waals surface area contributed by atoms with E-state index in [1.54, 1.807) is 0 Å². The maximum Gasteiger partial charge on any atom is 0.0975 e. The lowest BCUT2D eigenvalue weighted by Crippen LogP contribution is -2.32. The standard InChI is InChI=1S/C44H79NO2/c1-4-6-8-10-12-14-16-18-20-22-24-26-28-30-32-34-36-44(40-46-42-38-45(3)39-43(42)47-41-44)37-35-33-31-29-27-25-23-21-19-17-15-13-11-9-7-5-2/h12-15,18-21,42-43H,4-11,16-17,22-41H2,1-3H3. The van der Waals surface area contributed by atoms with Gasteiger partial charge in [0.25, 0.3) is 0 Å². The molecule has 0 aromatic rings. The van der Waals surface area contributed by atoms with Gasteiger partial charge in [-0.25, -0.2) is 0 Å². The van der Waals surface area contributed by atoms with Crippen LogP contribution >= 0.6 is 0 Å². The molecule has 0 saturated carbocycles. The van der Waals surface area contributed by atoms with Crippen molar-refractivity contribution in [3.05, 3.63) is 48.6 Å². The number of nitrogens with zero attached hydrogens (tertiary/aromatic N) is 1. The van der Waals surface area contributed by atoms with Crippen LogP contribution in [-0.4, -0.2) is 50.5 Å². The Morgan fingerprint density at radius 1 is 0.468 bits per heavy atom. The second-order valence-electron chi connectivity index (χ2n) is 15.1. The fourth-order valence-corrected chi connectivity index (χ4v) is 7.24. The normalized spacial score (nSPS) is 22.4. The number of hydrogen-bond acceptors (Lipinski definition) is 3. The first-order valence-corrected chi connectivity index (χ1v) is 20.7. The van der Waals surface area contributed by atoms with Gasteiger partial charge in [0.15, 0.2) is 0 Å². The number of unbranched alkanes of at least 4 members (excludes halogenated alkanes) is 18. The molecule has 3 heteroatoms. The summed E-state index contributed by atoms with van der Waals surface area (Å²) in [6.45, 7) is 8.40. The molecule has 0 radical (unpaired) electrons. The van der Waals surface area contributed by atoms with E-state index in [-0.39, 0.29) is 17.6 Å². The molecule has 2 rings (SSSR count). The summed E-state index contributed by atoms with van der Waals surface area (Å²) in [5, 5.41) is 0. The number of likely N-dealkylation sites (tertiary alicyclic amines) is 1. The lowest BCUT2D eigenvalue weighted by Gasteiger charge is -2.32. The van der Waals surface area contributed by atoms with Crippen LogP contribution in [0.15, 0.2) is 48.6 Å². The average Bonchev–Trinajstić information content (AvgIpc) is 3.36. The summed E-state index contributed by atoms with van der Waals surface area (Å²) in [6, 6.07) is 0. The van der Waals surface area contributed by atoms with E-state index in [9.17, 15) is 0 Å². The number of hydrogen-bond donors (Lipinski definition) is 0. The molecule has 2 atom stereocenters. The van der Waals surface area contributed by atoms with Gasteiger partial charge in [-0.05, 0) is 84.1 Å². The van der Waals surface area contributed by atoms with Gasteiger partial charge in [0.2, 0.25) is 0 Å². The van der Waals surface area contributed by atoms with Crippen LogP contribution in [0.2, 0.25) is 0 Å². The SMILES string of the molecule is CCCCCC=CCC=CCCCCCCCCC1(CCCCCCCCC=CCC=CCCCCC)COC2CN(C)CC2OC1. The Morgan fingerprint density at radius 3 is 1.19 bits per heavy atom. The van der Waals surface area contributed by atoms with Gasteiger partial charge in [-0.3, -0.25) is 0 Å². The van der Waals surface area contributed by atoms with Gasteiger partial charge >= 0.3 is 0 Å². The summed E-state index contributed by atoms with van der Waals surface area (Å²) in [5.74, 6) is 0.